The van der Waals surface area contributed by atoms with Crippen LogP contribution in [0.1, 0.15) is 15.4 Å². The van der Waals surface area contributed by atoms with Crippen molar-refractivity contribution in [3.63, 3.8) is 0 Å². The zero-order chi connectivity index (χ0) is 14.9. The molecule has 1 aromatic carbocycles. The summed E-state index contributed by atoms with van der Waals surface area (Å²) in [5.41, 5.74) is 0.543. The number of nitrogens with zero attached hydrogens (tertiary/aromatic N) is 2. The molecule has 0 saturated carbocycles. The number of benzene rings is 1. The van der Waals surface area contributed by atoms with Gasteiger partial charge in [-0.05, 0) is 19.1 Å². The molecular formula is C12H11ClN2O3S2. The average molecular weight is 331 g/mol. The second-order valence-electron chi connectivity index (χ2n) is 4.08. The third-order valence-electron chi connectivity index (χ3n) is 2.46. The third-order valence-corrected chi connectivity index (χ3v) is 5.46. The van der Waals surface area contributed by atoms with Gasteiger partial charge in [-0.15, -0.1) is 11.3 Å². The number of para-hydroxylation sites is 1. The Morgan fingerprint density at radius 3 is 2.40 bits per heavy atom. The van der Waals surface area contributed by atoms with Gasteiger partial charge in [-0.1, -0.05) is 18.2 Å². The summed E-state index contributed by atoms with van der Waals surface area (Å²) in [7, 11) is -3.43. The number of anilines is 1. The van der Waals surface area contributed by atoms with Gasteiger partial charge in [-0.2, -0.15) is 0 Å². The molecule has 0 N–H and O–H groups in total. The highest BCUT2D eigenvalue weighted by molar-refractivity contribution is 7.92. The Morgan fingerprint density at radius 2 is 1.90 bits per heavy atom. The SMILES string of the molecule is Cc1sc(S(C)(=O)=O)nc1C(=O)N(Cl)c1ccccc1. The Morgan fingerprint density at radius 1 is 1.30 bits per heavy atom. The van der Waals surface area contributed by atoms with E-state index in [1.807, 2.05) is 0 Å². The first-order valence-electron chi connectivity index (χ1n) is 5.53. The largest absolute Gasteiger partial charge is 0.292 e. The van der Waals surface area contributed by atoms with E-state index >= 15 is 0 Å². The predicted octanol–water partition coefficient (Wildman–Crippen LogP) is 2.66. The smallest absolute Gasteiger partial charge is 0.265 e. The topological polar surface area (TPSA) is 67.3 Å². The van der Waals surface area contributed by atoms with Crippen LogP contribution in [0.2, 0.25) is 0 Å². The fourth-order valence-corrected chi connectivity index (χ4v) is 3.56. The molecular weight excluding hydrogens is 320 g/mol. The highest BCUT2D eigenvalue weighted by Crippen LogP contribution is 2.25. The lowest BCUT2D eigenvalue weighted by Gasteiger charge is -2.12. The minimum atomic E-state index is -3.43. The molecule has 0 bridgehead atoms. The number of amides is 1. The zero-order valence-corrected chi connectivity index (χ0v) is 13.1. The van der Waals surface area contributed by atoms with Gasteiger partial charge in [0.25, 0.3) is 5.91 Å². The van der Waals surface area contributed by atoms with Crippen molar-refractivity contribution < 1.29 is 13.2 Å². The second kappa shape index (κ2) is 5.51. The minimum Gasteiger partial charge on any atom is -0.265 e. The van der Waals surface area contributed by atoms with E-state index in [1.165, 1.54) is 0 Å². The molecule has 0 radical (unpaired) electrons. The first-order valence-corrected chi connectivity index (χ1v) is 8.58. The number of hydrogen-bond donors (Lipinski definition) is 0. The Hall–Kier alpha value is -1.44. The van der Waals surface area contributed by atoms with Gasteiger partial charge < -0.3 is 0 Å². The second-order valence-corrected chi connectivity index (χ2v) is 7.81. The molecule has 106 valence electrons. The van der Waals surface area contributed by atoms with E-state index in [9.17, 15) is 13.2 Å². The van der Waals surface area contributed by atoms with Crippen molar-refractivity contribution in [3.8, 4) is 0 Å². The summed E-state index contributed by atoms with van der Waals surface area (Å²) in [6, 6.07) is 8.63. The number of hydrogen-bond acceptors (Lipinski definition) is 5. The van der Waals surface area contributed by atoms with Crippen molar-refractivity contribution in [1.82, 2.24) is 4.98 Å². The molecule has 20 heavy (non-hydrogen) atoms. The molecule has 1 aromatic heterocycles. The summed E-state index contributed by atoms with van der Waals surface area (Å²) in [4.78, 5) is 16.6. The van der Waals surface area contributed by atoms with E-state index in [2.05, 4.69) is 4.98 Å². The van der Waals surface area contributed by atoms with Crippen LogP contribution in [0.5, 0.6) is 0 Å². The molecule has 0 saturated heterocycles. The van der Waals surface area contributed by atoms with Crippen LogP contribution >= 0.6 is 23.1 Å². The van der Waals surface area contributed by atoms with Gasteiger partial charge in [0, 0.05) is 22.9 Å². The Labute approximate surface area is 125 Å². The summed E-state index contributed by atoms with van der Waals surface area (Å²) in [5, 5.41) is 0. The summed E-state index contributed by atoms with van der Waals surface area (Å²) in [6.07, 6.45) is 1.05. The molecule has 2 aromatic rings. The fourth-order valence-electron chi connectivity index (χ4n) is 1.50. The van der Waals surface area contributed by atoms with Crippen LogP contribution in [0.4, 0.5) is 5.69 Å². The molecule has 5 nitrogen and oxygen atoms in total. The number of aromatic nitrogens is 1. The molecule has 0 unspecified atom stereocenters. The number of halogens is 1. The van der Waals surface area contributed by atoms with E-state index in [-0.39, 0.29) is 10.0 Å². The number of rotatable bonds is 3. The van der Waals surface area contributed by atoms with Crippen LogP contribution in [0.15, 0.2) is 34.7 Å². The van der Waals surface area contributed by atoms with Gasteiger partial charge >= 0.3 is 0 Å². The van der Waals surface area contributed by atoms with Crippen molar-refractivity contribution in [1.29, 1.82) is 0 Å². The Bertz CT molecular complexity index is 741. The monoisotopic (exact) mass is 330 g/mol. The fraction of sp³-hybridized carbons (Fsp3) is 0.167. The van der Waals surface area contributed by atoms with Gasteiger partial charge in [0.1, 0.15) is 5.69 Å². The number of carbonyl (C=O) groups excluding carboxylic acids is 1. The van der Waals surface area contributed by atoms with E-state index < -0.39 is 15.7 Å². The lowest BCUT2D eigenvalue weighted by molar-refractivity contribution is 0.100. The zero-order valence-electron chi connectivity index (χ0n) is 10.7. The van der Waals surface area contributed by atoms with Crippen LogP contribution < -0.4 is 4.42 Å². The van der Waals surface area contributed by atoms with Gasteiger partial charge in [-0.3, -0.25) is 4.79 Å². The molecule has 1 heterocycles. The first-order chi connectivity index (χ1) is 9.30. The number of thiazole rings is 1. The lowest BCUT2D eigenvalue weighted by atomic mass is 10.3. The molecule has 0 fully saturated rings. The van der Waals surface area contributed by atoms with Crippen molar-refractivity contribution >= 4 is 44.5 Å². The maximum absolute atomic E-state index is 12.2. The normalized spacial score (nSPS) is 11.3. The highest BCUT2D eigenvalue weighted by Gasteiger charge is 2.24. The number of aryl methyl sites for hydroxylation is 1. The van der Waals surface area contributed by atoms with E-state index in [1.54, 1.807) is 37.3 Å². The lowest BCUT2D eigenvalue weighted by Crippen LogP contribution is -2.22. The standard InChI is InChI=1S/C12H11ClN2O3S2/c1-8-10(14-12(19-8)20(2,17)18)11(16)15(13)9-6-4-3-5-7-9/h3-7H,1-2H3. The van der Waals surface area contributed by atoms with E-state index in [0.29, 0.717) is 10.6 Å². The first kappa shape index (κ1) is 15.0. The summed E-state index contributed by atoms with van der Waals surface area (Å²) in [6.45, 7) is 1.63. The van der Waals surface area contributed by atoms with Crippen LogP contribution in [0.25, 0.3) is 0 Å². The van der Waals surface area contributed by atoms with Gasteiger partial charge in [0.2, 0.25) is 14.2 Å². The van der Waals surface area contributed by atoms with Crippen LogP contribution in [-0.4, -0.2) is 25.6 Å². The van der Waals surface area contributed by atoms with Gasteiger partial charge in [-0.25, -0.2) is 17.8 Å². The molecule has 1 amide bonds. The van der Waals surface area contributed by atoms with Crippen molar-refractivity contribution in [3.05, 3.63) is 40.9 Å². The van der Waals surface area contributed by atoms with E-state index in [0.717, 1.165) is 22.0 Å². The quantitative estimate of drug-likeness (QED) is 0.811. The molecule has 8 heteroatoms. The molecule has 0 aliphatic carbocycles. The Balaban J connectivity index is 2.37. The van der Waals surface area contributed by atoms with Crippen LogP contribution in [0.3, 0.4) is 0 Å². The van der Waals surface area contributed by atoms with E-state index in [4.69, 9.17) is 11.8 Å². The van der Waals surface area contributed by atoms with Crippen molar-refractivity contribution in [2.45, 2.75) is 11.3 Å². The predicted molar refractivity (Wildman–Crippen MR) is 79.1 cm³/mol. The van der Waals surface area contributed by atoms with Crippen molar-refractivity contribution in [2.24, 2.45) is 0 Å². The van der Waals surface area contributed by atoms with Crippen LogP contribution in [0, 0.1) is 6.92 Å². The summed E-state index contributed by atoms with van der Waals surface area (Å²) in [5.74, 6) is -0.554. The third kappa shape index (κ3) is 3.00. The molecule has 0 atom stereocenters. The minimum absolute atomic E-state index is 0.0503. The molecule has 2 rings (SSSR count). The average Bonchev–Trinajstić information content (AvgIpc) is 2.80. The Kier molecular flexibility index (Phi) is 4.12. The summed E-state index contributed by atoms with van der Waals surface area (Å²) >= 11 is 6.94. The number of carbonyl (C=O) groups is 1. The molecule has 0 aliphatic rings. The molecule has 0 aliphatic heterocycles. The molecule has 0 spiro atoms. The van der Waals surface area contributed by atoms with Crippen molar-refractivity contribution in [2.75, 3.05) is 10.7 Å². The number of sulfone groups is 1. The van der Waals surface area contributed by atoms with Crippen LogP contribution in [-0.2, 0) is 9.84 Å². The van der Waals surface area contributed by atoms with Gasteiger partial charge in [0.15, 0.2) is 0 Å². The highest BCUT2D eigenvalue weighted by atomic mass is 35.5. The maximum atomic E-state index is 12.2. The van der Waals surface area contributed by atoms with Gasteiger partial charge in [0.05, 0.1) is 5.69 Å². The summed E-state index contributed by atoms with van der Waals surface area (Å²) < 4.78 is 23.7. The maximum Gasteiger partial charge on any atom is 0.292 e.